The molecule has 0 saturated carbocycles. The van der Waals surface area contributed by atoms with Crippen molar-refractivity contribution in [3.05, 3.63) is 0 Å². The summed E-state index contributed by atoms with van der Waals surface area (Å²) in [6.45, 7) is 3.97. The van der Waals surface area contributed by atoms with Gasteiger partial charge in [-0.15, -0.1) is 0 Å². The van der Waals surface area contributed by atoms with Gasteiger partial charge in [-0.25, -0.2) is 0 Å². The Balaban J connectivity index is 2.18. The summed E-state index contributed by atoms with van der Waals surface area (Å²) < 4.78 is 2.48. The van der Waals surface area contributed by atoms with Crippen molar-refractivity contribution in [3.63, 3.8) is 0 Å². The quantitative estimate of drug-likeness (QED) is 0.675. The summed E-state index contributed by atoms with van der Waals surface area (Å²) in [4.78, 5) is 2.43. The summed E-state index contributed by atoms with van der Waals surface area (Å²) in [6, 6.07) is 0. The Kier molecular flexibility index (Phi) is 3.60. The first-order valence-electron chi connectivity index (χ1n) is 3.88. The maximum atomic E-state index is 2.48. The molecule has 0 aromatic heterocycles. The number of hydrogen-bond acceptors (Lipinski definition) is 2. The van der Waals surface area contributed by atoms with Crippen molar-refractivity contribution < 1.29 is 26.4 Å². The summed E-state index contributed by atoms with van der Waals surface area (Å²) in [5, 5.41) is 0. The molecule has 1 rings (SSSR count). The van der Waals surface area contributed by atoms with E-state index in [0.29, 0.717) is 0 Å². The van der Waals surface area contributed by atoms with E-state index >= 15 is 0 Å². The summed E-state index contributed by atoms with van der Waals surface area (Å²) in [5.74, 6) is 0.965. The molecule has 10 heavy (non-hydrogen) atoms. The fourth-order valence-electron chi connectivity index (χ4n) is 1.62. The molecule has 1 atom stereocenters. The van der Waals surface area contributed by atoms with Crippen LogP contribution in [0.15, 0.2) is 0 Å². The molecule has 3 heteroatoms. The van der Waals surface area contributed by atoms with Crippen LogP contribution < -0.4 is 0 Å². The van der Waals surface area contributed by atoms with E-state index in [2.05, 4.69) is 21.7 Å². The minimum atomic E-state index is 0.836. The van der Waals surface area contributed by atoms with Crippen molar-refractivity contribution >= 4 is 0 Å². The first-order valence-corrected chi connectivity index (χ1v) is 6.34. The second-order valence-electron chi connectivity index (χ2n) is 3.46. The molecule has 2 nitrogen and oxygen atoms in total. The maximum absolute atomic E-state index is 2.48. The molecule has 0 amide bonds. The van der Waals surface area contributed by atoms with Crippen LogP contribution >= 0.6 is 0 Å². The van der Waals surface area contributed by atoms with Crippen LogP contribution in [0.25, 0.3) is 0 Å². The summed E-state index contributed by atoms with van der Waals surface area (Å²) in [6.07, 6.45) is 1.41. The van der Waals surface area contributed by atoms with Gasteiger partial charge in [-0.3, -0.25) is 0 Å². The molecule has 0 aromatic carbocycles. The average molecular weight is 328 g/mol. The van der Waals surface area contributed by atoms with E-state index in [1.807, 2.05) is 0 Å². The molecule has 1 aliphatic heterocycles. The van der Waals surface area contributed by atoms with E-state index in [0.717, 1.165) is 32.3 Å². The molecular formula is C7H15HgN2. The zero-order valence-electron chi connectivity index (χ0n) is 7.01. The Morgan fingerprint density at radius 3 is 2.80 bits per heavy atom. The third kappa shape index (κ3) is 2.85. The van der Waals surface area contributed by atoms with Crippen LogP contribution in [-0.4, -0.2) is 41.3 Å². The van der Waals surface area contributed by atoms with Gasteiger partial charge < -0.3 is 0 Å². The molecule has 1 unspecified atom stereocenters. The standard InChI is InChI=1S/C7H15N2.Hg/c1-8-5-7-3-4-9(2)6-7;/h7H,3-6H2,1-2H3;/q-1;+1. The van der Waals surface area contributed by atoms with Gasteiger partial charge in [0.05, 0.1) is 0 Å². The van der Waals surface area contributed by atoms with Crippen molar-refractivity contribution in [1.29, 1.82) is 0 Å². The molecular weight excluding hydrogens is 313 g/mol. The number of rotatable bonds is 2. The van der Waals surface area contributed by atoms with Crippen LogP contribution in [-0.2, 0) is 26.4 Å². The Labute approximate surface area is 80.0 Å². The first kappa shape index (κ1) is 8.95. The molecule has 1 heterocycles. The Morgan fingerprint density at radius 1 is 1.70 bits per heavy atom. The minimum absolute atomic E-state index is 0.836. The molecule has 55 valence electrons. The molecule has 0 spiro atoms. The van der Waals surface area contributed by atoms with Crippen LogP contribution in [0.1, 0.15) is 6.42 Å². The zero-order chi connectivity index (χ0) is 7.56. The van der Waals surface area contributed by atoms with Gasteiger partial charge in [-0.2, -0.15) is 0 Å². The van der Waals surface area contributed by atoms with Gasteiger partial charge in [-0.1, -0.05) is 0 Å². The Bertz CT molecular complexity index is 106. The van der Waals surface area contributed by atoms with Crippen molar-refractivity contribution in [1.82, 2.24) is 7.56 Å². The average Bonchev–Trinajstić information content (AvgIpc) is 2.13. The number of nitrogens with zero attached hydrogens (tertiary/aromatic N) is 2. The van der Waals surface area contributed by atoms with Gasteiger partial charge in [-0.05, 0) is 0 Å². The summed E-state index contributed by atoms with van der Waals surface area (Å²) >= 11 is 0.836. The molecule has 0 aromatic rings. The van der Waals surface area contributed by atoms with E-state index in [9.17, 15) is 0 Å². The van der Waals surface area contributed by atoms with Crippen molar-refractivity contribution in [2.24, 2.45) is 5.92 Å². The van der Waals surface area contributed by atoms with E-state index in [1.165, 1.54) is 26.1 Å². The topological polar surface area (TPSA) is 6.48 Å². The monoisotopic (exact) mass is 329 g/mol. The number of likely N-dealkylation sites (tertiary alicyclic amines) is 1. The van der Waals surface area contributed by atoms with E-state index in [-0.39, 0.29) is 0 Å². The van der Waals surface area contributed by atoms with Crippen LogP contribution in [0.2, 0.25) is 0 Å². The second-order valence-corrected chi connectivity index (χ2v) is 7.65. The fourth-order valence-corrected chi connectivity index (χ4v) is 3.04. The molecule has 0 radical (unpaired) electrons. The van der Waals surface area contributed by atoms with E-state index in [1.54, 1.807) is 0 Å². The summed E-state index contributed by atoms with van der Waals surface area (Å²) in [5.41, 5.74) is 0. The van der Waals surface area contributed by atoms with Crippen molar-refractivity contribution in [2.45, 2.75) is 6.42 Å². The normalized spacial score (nSPS) is 28.3. The van der Waals surface area contributed by atoms with Gasteiger partial charge >= 0.3 is 80.1 Å². The molecule has 0 aliphatic carbocycles. The van der Waals surface area contributed by atoms with Crippen LogP contribution in [0, 0.1) is 5.92 Å². The van der Waals surface area contributed by atoms with Gasteiger partial charge in [0.15, 0.2) is 0 Å². The van der Waals surface area contributed by atoms with Gasteiger partial charge in [0.2, 0.25) is 0 Å². The third-order valence-electron chi connectivity index (χ3n) is 2.06. The van der Waals surface area contributed by atoms with Crippen LogP contribution in [0.5, 0.6) is 0 Å². The van der Waals surface area contributed by atoms with Crippen molar-refractivity contribution in [2.75, 3.05) is 33.7 Å². The second kappa shape index (κ2) is 4.03. The van der Waals surface area contributed by atoms with Crippen molar-refractivity contribution in [3.8, 4) is 0 Å². The first-order chi connectivity index (χ1) is 4.68. The molecule has 0 bridgehead atoms. The van der Waals surface area contributed by atoms with Gasteiger partial charge in [0.1, 0.15) is 0 Å². The molecule has 1 fully saturated rings. The van der Waals surface area contributed by atoms with Crippen LogP contribution in [0.3, 0.4) is 0 Å². The number of hydrogen-bond donors (Lipinski definition) is 0. The predicted octanol–water partition coefficient (Wildman–Crippen LogP) is 0.332. The molecule has 1 aliphatic rings. The van der Waals surface area contributed by atoms with Gasteiger partial charge in [0.25, 0.3) is 0 Å². The zero-order valence-corrected chi connectivity index (χ0v) is 12.5. The van der Waals surface area contributed by atoms with Crippen LogP contribution in [0.4, 0.5) is 0 Å². The summed E-state index contributed by atoms with van der Waals surface area (Å²) in [7, 11) is 4.46. The molecule has 0 N–H and O–H groups in total. The SMILES string of the molecule is C[N]([Hg])CC1CCN(C)C1. The van der Waals surface area contributed by atoms with Gasteiger partial charge in [0, 0.05) is 0 Å². The fraction of sp³-hybridized carbons (Fsp3) is 1.00. The molecule has 1 saturated heterocycles. The third-order valence-corrected chi connectivity index (χ3v) is 3.06. The predicted molar refractivity (Wildman–Crippen MR) is 38.2 cm³/mol. The van der Waals surface area contributed by atoms with E-state index < -0.39 is 0 Å². The Hall–Kier alpha value is 0.855. The Morgan fingerprint density at radius 2 is 2.40 bits per heavy atom. The van der Waals surface area contributed by atoms with E-state index in [4.69, 9.17) is 0 Å².